The Morgan fingerprint density at radius 1 is 1.19 bits per heavy atom. The van der Waals surface area contributed by atoms with Gasteiger partial charge in [-0.25, -0.2) is 0 Å². The zero-order chi connectivity index (χ0) is 18.1. The van der Waals surface area contributed by atoms with Crippen molar-refractivity contribution in [2.45, 2.75) is 13.3 Å². The highest BCUT2D eigenvalue weighted by atomic mass is 35.5. The molecule has 0 aliphatic carbocycles. The number of benzene rings is 2. The normalized spacial score (nSPS) is 12.2. The lowest BCUT2D eigenvalue weighted by Gasteiger charge is -2.08. The third-order valence-corrected chi connectivity index (χ3v) is 4.51. The van der Waals surface area contributed by atoms with Crippen LogP contribution in [-0.4, -0.2) is 17.9 Å². The van der Waals surface area contributed by atoms with Crippen molar-refractivity contribution in [2.75, 3.05) is 12.1 Å². The molecule has 132 valence electrons. The third-order valence-electron chi connectivity index (χ3n) is 4.10. The zero-order valence-corrected chi connectivity index (χ0v) is 14.7. The highest BCUT2D eigenvalue weighted by molar-refractivity contribution is 6.31. The van der Waals surface area contributed by atoms with Crippen LogP contribution in [0.3, 0.4) is 0 Å². The molecule has 1 N–H and O–H groups in total. The minimum Gasteiger partial charge on any atom is -0.454 e. The molecule has 0 bridgehead atoms. The van der Waals surface area contributed by atoms with Crippen LogP contribution in [0.4, 0.5) is 5.69 Å². The molecule has 1 amide bonds. The van der Waals surface area contributed by atoms with Gasteiger partial charge in [-0.2, -0.15) is 0 Å². The molecular weight excluding hydrogens is 356 g/mol. The molecule has 0 saturated heterocycles. The Labute approximate surface area is 154 Å². The van der Waals surface area contributed by atoms with E-state index in [1.165, 1.54) is 0 Å². The van der Waals surface area contributed by atoms with Crippen LogP contribution < -0.4 is 14.8 Å². The molecule has 0 fully saturated rings. The molecule has 2 aromatic carbocycles. The van der Waals surface area contributed by atoms with Crippen molar-refractivity contribution in [1.82, 2.24) is 5.16 Å². The van der Waals surface area contributed by atoms with Gasteiger partial charge in [0.05, 0.1) is 12.1 Å². The summed E-state index contributed by atoms with van der Waals surface area (Å²) in [7, 11) is 0. The second kappa shape index (κ2) is 6.72. The van der Waals surface area contributed by atoms with Crippen LogP contribution in [0.15, 0.2) is 47.0 Å². The topological polar surface area (TPSA) is 73.6 Å². The number of hydrogen-bond donors (Lipinski definition) is 1. The molecule has 0 spiro atoms. The number of aromatic nitrogens is 1. The lowest BCUT2D eigenvalue weighted by molar-refractivity contribution is -0.115. The van der Waals surface area contributed by atoms with Crippen molar-refractivity contribution in [3.63, 3.8) is 0 Å². The maximum Gasteiger partial charge on any atom is 0.231 e. The van der Waals surface area contributed by atoms with Gasteiger partial charge in [-0.15, -0.1) is 0 Å². The van der Waals surface area contributed by atoms with E-state index in [-0.39, 0.29) is 19.1 Å². The second-order valence-corrected chi connectivity index (χ2v) is 6.30. The highest BCUT2D eigenvalue weighted by Gasteiger charge is 2.17. The van der Waals surface area contributed by atoms with Gasteiger partial charge in [-0.05, 0) is 42.8 Å². The number of amides is 1. The first kappa shape index (κ1) is 16.5. The summed E-state index contributed by atoms with van der Waals surface area (Å²) in [6.07, 6.45) is 0.0972. The van der Waals surface area contributed by atoms with Crippen LogP contribution >= 0.6 is 11.6 Å². The summed E-state index contributed by atoms with van der Waals surface area (Å²) in [4.78, 5) is 12.3. The molecule has 6 nitrogen and oxygen atoms in total. The Kier molecular flexibility index (Phi) is 4.26. The number of ether oxygens (including phenoxy) is 2. The minimum absolute atomic E-state index is 0.0972. The molecule has 0 radical (unpaired) electrons. The van der Waals surface area contributed by atoms with E-state index in [1.54, 1.807) is 24.3 Å². The minimum atomic E-state index is -0.194. The number of carbonyl (C=O) groups excluding carboxylic acids is 1. The number of halogens is 1. The summed E-state index contributed by atoms with van der Waals surface area (Å²) in [5.41, 5.74) is 2.85. The van der Waals surface area contributed by atoms with E-state index in [4.69, 9.17) is 25.6 Å². The van der Waals surface area contributed by atoms with Gasteiger partial charge in [0.2, 0.25) is 12.7 Å². The summed E-state index contributed by atoms with van der Waals surface area (Å²) in [6.45, 7) is 2.06. The van der Waals surface area contributed by atoms with Crippen LogP contribution in [-0.2, 0) is 11.2 Å². The Bertz CT molecular complexity index is 983. The fourth-order valence-corrected chi connectivity index (χ4v) is 2.86. The maximum atomic E-state index is 12.3. The van der Waals surface area contributed by atoms with Gasteiger partial charge in [0, 0.05) is 22.3 Å². The van der Waals surface area contributed by atoms with Gasteiger partial charge < -0.3 is 19.3 Å². The standard InChI is InChI=1S/C19H15ClN2O4/c1-11-14(20)3-2-4-15(11)21-19(23)9-13-8-17(26-22-13)12-5-6-16-18(7-12)25-10-24-16/h2-8H,9-10H2,1H3,(H,21,23). The molecule has 0 unspecified atom stereocenters. The summed E-state index contributed by atoms with van der Waals surface area (Å²) in [6, 6.07) is 12.6. The molecule has 0 saturated carbocycles. The number of fused-ring (bicyclic) bond motifs is 1. The first-order valence-corrected chi connectivity index (χ1v) is 8.38. The van der Waals surface area contributed by atoms with Gasteiger partial charge in [0.15, 0.2) is 17.3 Å². The van der Waals surface area contributed by atoms with E-state index in [1.807, 2.05) is 25.1 Å². The van der Waals surface area contributed by atoms with Crippen LogP contribution in [0.5, 0.6) is 11.5 Å². The number of rotatable bonds is 4. The highest BCUT2D eigenvalue weighted by Crippen LogP contribution is 2.36. The Hall–Kier alpha value is -2.99. The second-order valence-electron chi connectivity index (χ2n) is 5.89. The molecule has 1 aliphatic rings. The Morgan fingerprint density at radius 3 is 2.92 bits per heavy atom. The smallest absolute Gasteiger partial charge is 0.231 e. The Morgan fingerprint density at radius 2 is 2.04 bits per heavy atom. The van der Waals surface area contributed by atoms with Crippen molar-refractivity contribution in [2.24, 2.45) is 0 Å². The fraction of sp³-hybridized carbons (Fsp3) is 0.158. The molecular formula is C19H15ClN2O4. The summed E-state index contributed by atoms with van der Waals surface area (Å²) >= 11 is 6.07. The van der Waals surface area contributed by atoms with E-state index < -0.39 is 0 Å². The predicted molar refractivity (Wildman–Crippen MR) is 96.6 cm³/mol. The van der Waals surface area contributed by atoms with E-state index in [0.29, 0.717) is 33.7 Å². The fourth-order valence-electron chi connectivity index (χ4n) is 2.68. The first-order chi connectivity index (χ1) is 12.6. The monoisotopic (exact) mass is 370 g/mol. The van der Waals surface area contributed by atoms with E-state index in [0.717, 1.165) is 11.1 Å². The number of nitrogens with zero attached hydrogens (tertiary/aromatic N) is 1. The van der Waals surface area contributed by atoms with Crippen LogP contribution in [0.25, 0.3) is 11.3 Å². The van der Waals surface area contributed by atoms with Crippen molar-refractivity contribution in [3.8, 4) is 22.8 Å². The van der Waals surface area contributed by atoms with E-state index >= 15 is 0 Å². The largest absolute Gasteiger partial charge is 0.454 e. The Balaban J connectivity index is 1.46. The molecule has 3 aromatic rings. The molecule has 0 atom stereocenters. The van der Waals surface area contributed by atoms with Gasteiger partial charge in [0.1, 0.15) is 0 Å². The molecule has 7 heteroatoms. The number of nitrogens with one attached hydrogen (secondary N) is 1. The van der Waals surface area contributed by atoms with Crippen molar-refractivity contribution in [3.05, 3.63) is 58.7 Å². The maximum absolute atomic E-state index is 12.3. The van der Waals surface area contributed by atoms with Crippen molar-refractivity contribution >= 4 is 23.2 Å². The number of hydrogen-bond acceptors (Lipinski definition) is 5. The zero-order valence-electron chi connectivity index (χ0n) is 13.9. The van der Waals surface area contributed by atoms with Crippen LogP contribution in [0.2, 0.25) is 5.02 Å². The lowest BCUT2D eigenvalue weighted by atomic mass is 10.1. The van der Waals surface area contributed by atoms with Crippen LogP contribution in [0.1, 0.15) is 11.3 Å². The summed E-state index contributed by atoms with van der Waals surface area (Å²) in [5.74, 6) is 1.73. The third kappa shape index (κ3) is 3.23. The van der Waals surface area contributed by atoms with Gasteiger partial charge >= 0.3 is 0 Å². The number of carbonyl (C=O) groups is 1. The van der Waals surface area contributed by atoms with Gasteiger partial charge in [-0.1, -0.05) is 22.8 Å². The average Bonchev–Trinajstić information content (AvgIpc) is 3.27. The average molecular weight is 371 g/mol. The molecule has 1 aliphatic heterocycles. The first-order valence-electron chi connectivity index (χ1n) is 8.01. The van der Waals surface area contributed by atoms with Gasteiger partial charge in [-0.3, -0.25) is 4.79 Å². The lowest BCUT2D eigenvalue weighted by Crippen LogP contribution is -2.15. The number of anilines is 1. The summed E-state index contributed by atoms with van der Waals surface area (Å²) < 4.78 is 16.0. The molecule has 4 rings (SSSR count). The van der Waals surface area contributed by atoms with Crippen LogP contribution in [0, 0.1) is 6.92 Å². The van der Waals surface area contributed by atoms with E-state index in [9.17, 15) is 4.79 Å². The van der Waals surface area contributed by atoms with Crippen molar-refractivity contribution < 1.29 is 18.8 Å². The quantitative estimate of drug-likeness (QED) is 0.744. The SMILES string of the molecule is Cc1c(Cl)cccc1NC(=O)Cc1cc(-c2ccc3c(c2)OCO3)on1. The molecule has 1 aromatic heterocycles. The van der Waals surface area contributed by atoms with Crippen molar-refractivity contribution in [1.29, 1.82) is 0 Å². The predicted octanol–water partition coefficient (Wildman–Crippen LogP) is 4.21. The summed E-state index contributed by atoms with van der Waals surface area (Å²) in [5, 5.41) is 7.42. The van der Waals surface area contributed by atoms with Gasteiger partial charge in [0.25, 0.3) is 0 Å². The van der Waals surface area contributed by atoms with E-state index in [2.05, 4.69) is 10.5 Å². The molecule has 26 heavy (non-hydrogen) atoms. The molecule has 2 heterocycles.